The van der Waals surface area contributed by atoms with Crippen LogP contribution in [0.1, 0.15) is 5.56 Å². The lowest BCUT2D eigenvalue weighted by Gasteiger charge is -2.04. The van der Waals surface area contributed by atoms with Gasteiger partial charge in [0, 0.05) is 18.0 Å². The zero-order valence-electron chi connectivity index (χ0n) is 7.19. The summed E-state index contributed by atoms with van der Waals surface area (Å²) in [6.45, 7) is 0. The number of hydrogen-bond donors (Lipinski definition) is 0. The highest BCUT2D eigenvalue weighted by Gasteiger charge is 2.05. The van der Waals surface area contributed by atoms with Crippen molar-refractivity contribution in [1.29, 1.82) is 0 Å². The first-order chi connectivity index (χ1) is 6.81. The fourth-order valence-corrected chi connectivity index (χ4v) is 1.65. The van der Waals surface area contributed by atoms with Gasteiger partial charge in [-0.2, -0.15) is 5.10 Å². The molecule has 2 aromatic heterocycles. The summed E-state index contributed by atoms with van der Waals surface area (Å²) in [6, 6.07) is 3.80. The minimum Gasteiger partial charge on any atom is -0.237 e. The smallest absolute Gasteiger partial charge is 0.157 e. The van der Waals surface area contributed by atoms with E-state index in [1.807, 2.05) is 18.3 Å². The Morgan fingerprint density at radius 1 is 1.50 bits per heavy atom. The second kappa shape index (κ2) is 4.11. The number of halogens is 2. The standard InChI is InChI=1S/C9H7BrClN3/c10-8-5-13-14(6-8)9-7(4-11)2-1-3-12-9/h1-3,5-6H,4H2. The van der Waals surface area contributed by atoms with Crippen LogP contribution in [-0.2, 0) is 5.88 Å². The highest BCUT2D eigenvalue weighted by Crippen LogP contribution is 2.15. The Hall–Kier alpha value is -0.870. The van der Waals surface area contributed by atoms with E-state index >= 15 is 0 Å². The second-order valence-corrected chi connectivity index (χ2v) is 3.91. The normalized spacial score (nSPS) is 10.4. The summed E-state index contributed by atoms with van der Waals surface area (Å²) in [5.74, 6) is 1.20. The van der Waals surface area contributed by atoms with Crippen LogP contribution in [-0.4, -0.2) is 14.8 Å². The van der Waals surface area contributed by atoms with Crippen molar-refractivity contribution in [2.24, 2.45) is 0 Å². The fourth-order valence-electron chi connectivity index (χ4n) is 1.16. The van der Waals surface area contributed by atoms with Gasteiger partial charge < -0.3 is 0 Å². The number of aromatic nitrogens is 3. The molecule has 72 valence electrons. The van der Waals surface area contributed by atoms with Gasteiger partial charge in [-0.3, -0.25) is 0 Å². The number of hydrogen-bond acceptors (Lipinski definition) is 2. The maximum atomic E-state index is 5.80. The van der Waals surface area contributed by atoms with Gasteiger partial charge in [-0.25, -0.2) is 9.67 Å². The zero-order valence-corrected chi connectivity index (χ0v) is 9.53. The summed E-state index contributed by atoms with van der Waals surface area (Å²) in [7, 11) is 0. The summed E-state index contributed by atoms with van der Waals surface area (Å²) in [5, 5.41) is 4.14. The topological polar surface area (TPSA) is 30.7 Å². The van der Waals surface area contributed by atoms with Crippen LogP contribution in [0.4, 0.5) is 0 Å². The fraction of sp³-hybridized carbons (Fsp3) is 0.111. The summed E-state index contributed by atoms with van der Waals surface area (Å²) < 4.78 is 2.62. The number of pyridine rings is 1. The molecule has 0 aromatic carbocycles. The molecule has 5 heteroatoms. The summed E-state index contributed by atoms with van der Waals surface area (Å²) in [4.78, 5) is 4.23. The van der Waals surface area contributed by atoms with E-state index in [1.54, 1.807) is 17.1 Å². The van der Waals surface area contributed by atoms with Crippen molar-refractivity contribution in [2.45, 2.75) is 5.88 Å². The molecule has 0 unspecified atom stereocenters. The quantitative estimate of drug-likeness (QED) is 0.787. The number of rotatable bonds is 2. The van der Waals surface area contributed by atoms with E-state index in [2.05, 4.69) is 26.0 Å². The predicted molar refractivity (Wildman–Crippen MR) is 58.6 cm³/mol. The highest BCUT2D eigenvalue weighted by atomic mass is 79.9. The van der Waals surface area contributed by atoms with Crippen LogP contribution in [0.15, 0.2) is 35.2 Å². The highest BCUT2D eigenvalue weighted by molar-refractivity contribution is 9.10. The monoisotopic (exact) mass is 271 g/mol. The molecular weight excluding hydrogens is 265 g/mol. The average molecular weight is 273 g/mol. The Balaban J connectivity index is 2.50. The summed E-state index contributed by atoms with van der Waals surface area (Å²) >= 11 is 9.13. The first-order valence-corrected chi connectivity index (χ1v) is 5.34. The second-order valence-electron chi connectivity index (χ2n) is 2.72. The van der Waals surface area contributed by atoms with Crippen molar-refractivity contribution in [3.63, 3.8) is 0 Å². The molecule has 0 saturated carbocycles. The van der Waals surface area contributed by atoms with E-state index < -0.39 is 0 Å². The predicted octanol–water partition coefficient (Wildman–Crippen LogP) is 2.77. The molecule has 0 aliphatic heterocycles. The Morgan fingerprint density at radius 2 is 2.36 bits per heavy atom. The molecule has 0 spiro atoms. The van der Waals surface area contributed by atoms with E-state index in [-0.39, 0.29) is 0 Å². The summed E-state index contributed by atoms with van der Waals surface area (Å²) in [5.41, 5.74) is 0.963. The van der Waals surface area contributed by atoms with Crippen molar-refractivity contribution < 1.29 is 0 Å². The largest absolute Gasteiger partial charge is 0.237 e. The van der Waals surface area contributed by atoms with Crippen molar-refractivity contribution in [1.82, 2.24) is 14.8 Å². The van der Waals surface area contributed by atoms with Crippen molar-refractivity contribution >= 4 is 27.5 Å². The molecule has 0 aliphatic carbocycles. The van der Waals surface area contributed by atoms with Crippen LogP contribution in [0.3, 0.4) is 0 Å². The number of alkyl halides is 1. The average Bonchev–Trinajstić information content (AvgIpc) is 2.65. The van der Waals surface area contributed by atoms with Gasteiger partial charge in [-0.15, -0.1) is 11.6 Å². The van der Waals surface area contributed by atoms with Crippen LogP contribution in [0, 0.1) is 0 Å². The van der Waals surface area contributed by atoms with E-state index in [1.165, 1.54) is 0 Å². The molecule has 14 heavy (non-hydrogen) atoms. The molecular formula is C9H7BrClN3. The van der Waals surface area contributed by atoms with Crippen molar-refractivity contribution in [3.8, 4) is 5.82 Å². The van der Waals surface area contributed by atoms with Crippen LogP contribution in [0.25, 0.3) is 5.82 Å². The van der Waals surface area contributed by atoms with Crippen LogP contribution in [0.2, 0.25) is 0 Å². The Labute approximate surface area is 94.9 Å². The summed E-state index contributed by atoms with van der Waals surface area (Å²) in [6.07, 6.45) is 5.28. The van der Waals surface area contributed by atoms with Gasteiger partial charge in [0.05, 0.1) is 16.5 Å². The minimum atomic E-state index is 0.431. The van der Waals surface area contributed by atoms with Gasteiger partial charge in [0.15, 0.2) is 5.82 Å². The Bertz CT molecular complexity index is 441. The van der Waals surface area contributed by atoms with Crippen LogP contribution >= 0.6 is 27.5 Å². The minimum absolute atomic E-state index is 0.431. The molecule has 0 bridgehead atoms. The SMILES string of the molecule is ClCc1cccnc1-n1cc(Br)cn1. The Kier molecular flexibility index (Phi) is 2.84. The van der Waals surface area contributed by atoms with E-state index in [9.17, 15) is 0 Å². The third-order valence-electron chi connectivity index (χ3n) is 1.78. The van der Waals surface area contributed by atoms with E-state index in [0.717, 1.165) is 15.9 Å². The van der Waals surface area contributed by atoms with Crippen molar-refractivity contribution in [2.75, 3.05) is 0 Å². The maximum absolute atomic E-state index is 5.80. The first-order valence-electron chi connectivity index (χ1n) is 4.01. The van der Waals surface area contributed by atoms with Gasteiger partial charge in [-0.1, -0.05) is 6.07 Å². The van der Waals surface area contributed by atoms with Gasteiger partial charge in [-0.05, 0) is 22.0 Å². The third kappa shape index (κ3) is 1.81. The van der Waals surface area contributed by atoms with Crippen LogP contribution < -0.4 is 0 Å². The molecule has 0 amide bonds. The molecule has 0 fully saturated rings. The molecule has 2 heterocycles. The molecule has 0 radical (unpaired) electrons. The number of nitrogens with zero attached hydrogens (tertiary/aromatic N) is 3. The third-order valence-corrected chi connectivity index (χ3v) is 2.48. The van der Waals surface area contributed by atoms with Gasteiger partial charge in [0.25, 0.3) is 0 Å². The molecule has 3 nitrogen and oxygen atoms in total. The molecule has 0 N–H and O–H groups in total. The van der Waals surface area contributed by atoms with Crippen LogP contribution in [0.5, 0.6) is 0 Å². The Morgan fingerprint density at radius 3 is 3.00 bits per heavy atom. The lowest BCUT2D eigenvalue weighted by molar-refractivity contribution is 0.836. The maximum Gasteiger partial charge on any atom is 0.157 e. The van der Waals surface area contributed by atoms with Gasteiger partial charge in [0.2, 0.25) is 0 Å². The molecule has 2 aromatic rings. The molecule has 0 aliphatic rings. The first kappa shape index (κ1) is 9.68. The lowest BCUT2D eigenvalue weighted by Crippen LogP contribution is -2.01. The van der Waals surface area contributed by atoms with Gasteiger partial charge in [0.1, 0.15) is 0 Å². The molecule has 0 atom stereocenters. The lowest BCUT2D eigenvalue weighted by atomic mass is 10.3. The molecule has 0 saturated heterocycles. The van der Waals surface area contributed by atoms with Gasteiger partial charge >= 0.3 is 0 Å². The molecule has 2 rings (SSSR count). The van der Waals surface area contributed by atoms with Crippen molar-refractivity contribution in [3.05, 3.63) is 40.8 Å². The van der Waals surface area contributed by atoms with E-state index in [4.69, 9.17) is 11.6 Å². The zero-order chi connectivity index (χ0) is 9.97. The van der Waals surface area contributed by atoms with E-state index in [0.29, 0.717) is 5.88 Å².